The fourth-order valence-electron chi connectivity index (χ4n) is 2.54. The molecule has 1 heterocycles. The highest BCUT2D eigenvalue weighted by atomic mass is 35.5. The fraction of sp³-hybridized carbons (Fsp3) is 0.571. The minimum absolute atomic E-state index is 0.134. The van der Waals surface area contributed by atoms with Gasteiger partial charge in [-0.25, -0.2) is 4.98 Å². The van der Waals surface area contributed by atoms with Crippen molar-refractivity contribution in [3.05, 3.63) is 22.8 Å². The van der Waals surface area contributed by atoms with Crippen LogP contribution in [-0.4, -0.2) is 17.4 Å². The van der Waals surface area contributed by atoms with Crippen LogP contribution in [-0.2, 0) is 0 Å². The highest BCUT2D eigenvalue weighted by molar-refractivity contribution is 6.33. The van der Waals surface area contributed by atoms with Crippen molar-refractivity contribution < 1.29 is 4.79 Å². The maximum absolute atomic E-state index is 11.9. The number of amides is 1. The van der Waals surface area contributed by atoms with Crippen LogP contribution in [0.15, 0.2) is 12.3 Å². The molecule has 0 radical (unpaired) electrons. The summed E-state index contributed by atoms with van der Waals surface area (Å²) in [4.78, 5) is 15.8. The van der Waals surface area contributed by atoms with Crippen molar-refractivity contribution in [2.75, 3.05) is 12.3 Å². The molecule has 1 aliphatic rings. The number of nitrogens with one attached hydrogen (secondary N) is 1. The van der Waals surface area contributed by atoms with E-state index < -0.39 is 0 Å². The monoisotopic (exact) mass is 281 g/mol. The van der Waals surface area contributed by atoms with Crippen molar-refractivity contribution in [1.82, 2.24) is 10.3 Å². The second kappa shape index (κ2) is 6.75. The summed E-state index contributed by atoms with van der Waals surface area (Å²) >= 11 is 5.85. The Morgan fingerprint density at radius 1 is 1.42 bits per heavy atom. The van der Waals surface area contributed by atoms with E-state index >= 15 is 0 Å². The average Bonchev–Trinajstić information content (AvgIpc) is 2.43. The van der Waals surface area contributed by atoms with Gasteiger partial charge in [0.2, 0.25) is 0 Å². The van der Waals surface area contributed by atoms with Gasteiger partial charge in [-0.05, 0) is 18.4 Å². The molecule has 2 rings (SSSR count). The number of anilines is 1. The van der Waals surface area contributed by atoms with Gasteiger partial charge < -0.3 is 11.1 Å². The second-order valence-corrected chi connectivity index (χ2v) is 5.55. The predicted molar refractivity (Wildman–Crippen MR) is 77.2 cm³/mol. The van der Waals surface area contributed by atoms with Gasteiger partial charge in [0, 0.05) is 12.7 Å². The van der Waals surface area contributed by atoms with E-state index in [1.807, 2.05) is 0 Å². The van der Waals surface area contributed by atoms with E-state index in [2.05, 4.69) is 10.3 Å². The molecule has 0 aliphatic heterocycles. The lowest BCUT2D eigenvalue weighted by atomic mass is 9.87. The van der Waals surface area contributed by atoms with Gasteiger partial charge in [-0.3, -0.25) is 4.79 Å². The Balaban J connectivity index is 1.78. The van der Waals surface area contributed by atoms with Gasteiger partial charge in [-0.1, -0.05) is 43.7 Å². The molecule has 0 spiro atoms. The van der Waals surface area contributed by atoms with Crippen molar-refractivity contribution in [2.45, 2.75) is 38.5 Å². The molecule has 1 saturated carbocycles. The summed E-state index contributed by atoms with van der Waals surface area (Å²) in [5, 5.41) is 3.23. The number of carbonyl (C=O) groups excluding carboxylic acids is 1. The molecule has 0 atom stereocenters. The molecule has 1 amide bonds. The van der Waals surface area contributed by atoms with Crippen LogP contribution in [0.25, 0.3) is 0 Å². The molecular weight excluding hydrogens is 262 g/mol. The molecule has 1 aromatic heterocycles. The summed E-state index contributed by atoms with van der Waals surface area (Å²) in [6, 6.07) is 1.56. The van der Waals surface area contributed by atoms with E-state index in [1.165, 1.54) is 38.3 Å². The predicted octanol–water partition coefficient (Wildman–Crippen LogP) is 3.02. The molecule has 1 aromatic rings. The van der Waals surface area contributed by atoms with Crippen LogP contribution in [0.2, 0.25) is 5.02 Å². The van der Waals surface area contributed by atoms with Gasteiger partial charge in [0.15, 0.2) is 0 Å². The number of pyridine rings is 1. The third-order valence-electron chi connectivity index (χ3n) is 3.69. The van der Waals surface area contributed by atoms with Gasteiger partial charge in [-0.15, -0.1) is 0 Å². The number of halogens is 1. The van der Waals surface area contributed by atoms with Gasteiger partial charge in [0.25, 0.3) is 5.91 Å². The van der Waals surface area contributed by atoms with Crippen molar-refractivity contribution in [3.63, 3.8) is 0 Å². The van der Waals surface area contributed by atoms with Gasteiger partial charge >= 0.3 is 0 Å². The summed E-state index contributed by atoms with van der Waals surface area (Å²) in [5.41, 5.74) is 5.97. The number of hydrogen-bond acceptors (Lipinski definition) is 3. The largest absolute Gasteiger partial charge is 0.382 e. The minimum Gasteiger partial charge on any atom is -0.382 e. The van der Waals surface area contributed by atoms with Gasteiger partial charge in [0.1, 0.15) is 5.82 Å². The molecule has 3 N–H and O–H groups in total. The van der Waals surface area contributed by atoms with E-state index in [0.29, 0.717) is 17.1 Å². The van der Waals surface area contributed by atoms with E-state index in [0.717, 1.165) is 12.3 Å². The Labute approximate surface area is 118 Å². The lowest BCUT2D eigenvalue weighted by molar-refractivity contribution is 0.0950. The molecule has 4 nitrogen and oxygen atoms in total. The fourth-order valence-corrected chi connectivity index (χ4v) is 2.71. The van der Waals surface area contributed by atoms with E-state index in [-0.39, 0.29) is 11.7 Å². The van der Waals surface area contributed by atoms with E-state index in [9.17, 15) is 4.79 Å². The van der Waals surface area contributed by atoms with Crippen LogP contribution < -0.4 is 11.1 Å². The zero-order valence-corrected chi connectivity index (χ0v) is 11.7. The van der Waals surface area contributed by atoms with Crippen molar-refractivity contribution in [2.24, 2.45) is 5.92 Å². The summed E-state index contributed by atoms with van der Waals surface area (Å²) in [5.74, 6) is 0.882. The Kier molecular flexibility index (Phi) is 5.02. The maximum Gasteiger partial charge on any atom is 0.252 e. The SMILES string of the molecule is Nc1ncc(C(=O)NCCC2CCCCC2)cc1Cl. The molecule has 19 heavy (non-hydrogen) atoms. The Morgan fingerprint density at radius 2 is 2.16 bits per heavy atom. The molecule has 1 fully saturated rings. The third-order valence-corrected chi connectivity index (χ3v) is 4.00. The zero-order valence-electron chi connectivity index (χ0n) is 11.0. The average molecular weight is 282 g/mol. The maximum atomic E-state index is 11.9. The van der Waals surface area contributed by atoms with Gasteiger partial charge in [0.05, 0.1) is 10.6 Å². The molecule has 0 bridgehead atoms. The minimum atomic E-state index is -0.134. The van der Waals surface area contributed by atoms with Crippen LogP contribution in [0.5, 0.6) is 0 Å². The van der Waals surface area contributed by atoms with Gasteiger partial charge in [-0.2, -0.15) is 0 Å². The van der Waals surface area contributed by atoms with Crippen LogP contribution in [0.1, 0.15) is 48.9 Å². The number of carbonyl (C=O) groups is 1. The first-order valence-electron chi connectivity index (χ1n) is 6.86. The molecule has 0 aromatic carbocycles. The number of hydrogen-bond donors (Lipinski definition) is 2. The topological polar surface area (TPSA) is 68.0 Å². The van der Waals surface area contributed by atoms with E-state index in [4.69, 9.17) is 17.3 Å². The first kappa shape index (κ1) is 14.1. The second-order valence-electron chi connectivity index (χ2n) is 5.14. The number of nitrogen functional groups attached to an aromatic ring is 1. The lowest BCUT2D eigenvalue weighted by Crippen LogP contribution is -2.26. The van der Waals surface area contributed by atoms with Crippen molar-refractivity contribution in [3.8, 4) is 0 Å². The van der Waals surface area contributed by atoms with Crippen LogP contribution in [0, 0.1) is 5.92 Å². The van der Waals surface area contributed by atoms with Crippen LogP contribution >= 0.6 is 11.6 Å². The molecule has 0 unspecified atom stereocenters. The quantitative estimate of drug-likeness (QED) is 0.891. The summed E-state index contributed by atoms with van der Waals surface area (Å²) in [7, 11) is 0. The molecule has 0 saturated heterocycles. The highest BCUT2D eigenvalue weighted by Crippen LogP contribution is 2.25. The lowest BCUT2D eigenvalue weighted by Gasteiger charge is -2.21. The third kappa shape index (κ3) is 4.10. The summed E-state index contributed by atoms with van der Waals surface area (Å²) in [6.45, 7) is 0.714. The summed E-state index contributed by atoms with van der Waals surface area (Å²) < 4.78 is 0. The number of rotatable bonds is 4. The standard InChI is InChI=1S/C14H20ClN3O/c15-12-8-11(9-18-13(12)16)14(19)17-7-6-10-4-2-1-3-5-10/h8-10H,1-7H2,(H2,16,18)(H,17,19). The van der Waals surface area contributed by atoms with Crippen molar-refractivity contribution in [1.29, 1.82) is 0 Å². The Bertz CT molecular complexity index is 444. The Morgan fingerprint density at radius 3 is 2.84 bits per heavy atom. The van der Waals surface area contributed by atoms with Crippen molar-refractivity contribution >= 4 is 23.3 Å². The van der Waals surface area contributed by atoms with Crippen LogP contribution in [0.4, 0.5) is 5.82 Å². The molecule has 5 heteroatoms. The number of aromatic nitrogens is 1. The smallest absolute Gasteiger partial charge is 0.252 e. The number of nitrogens with zero attached hydrogens (tertiary/aromatic N) is 1. The highest BCUT2D eigenvalue weighted by Gasteiger charge is 2.14. The Hall–Kier alpha value is -1.29. The first-order chi connectivity index (χ1) is 9.16. The molecular formula is C14H20ClN3O. The van der Waals surface area contributed by atoms with E-state index in [1.54, 1.807) is 6.07 Å². The molecule has 104 valence electrons. The summed E-state index contributed by atoms with van der Waals surface area (Å²) in [6.07, 6.45) is 9.12. The normalized spacial score (nSPS) is 16.3. The number of nitrogens with two attached hydrogens (primary N) is 1. The first-order valence-corrected chi connectivity index (χ1v) is 7.24. The van der Waals surface area contributed by atoms with Crippen LogP contribution in [0.3, 0.4) is 0 Å². The zero-order chi connectivity index (χ0) is 13.7. The molecule has 1 aliphatic carbocycles.